The molecule has 0 bridgehead atoms. The van der Waals surface area contributed by atoms with Gasteiger partial charge in [0, 0.05) is 17.3 Å². The van der Waals surface area contributed by atoms with E-state index in [0.29, 0.717) is 6.01 Å². The molecule has 0 atom stereocenters. The summed E-state index contributed by atoms with van der Waals surface area (Å²) in [4.78, 5) is 6.53. The quantitative estimate of drug-likeness (QED) is 0.700. The van der Waals surface area contributed by atoms with Gasteiger partial charge in [-0.25, -0.2) is 0 Å². The van der Waals surface area contributed by atoms with Gasteiger partial charge in [0.25, 0.3) is 6.01 Å². The molecule has 2 rings (SSSR count). The van der Waals surface area contributed by atoms with E-state index in [1.807, 2.05) is 14.0 Å². The minimum Gasteiger partial charge on any atom is -0.468 e. The van der Waals surface area contributed by atoms with E-state index in [9.17, 15) is 0 Å². The van der Waals surface area contributed by atoms with E-state index < -0.39 is 0 Å². The maximum Gasteiger partial charge on any atom is 0.298 e. The van der Waals surface area contributed by atoms with Crippen LogP contribution in [0.3, 0.4) is 0 Å². The summed E-state index contributed by atoms with van der Waals surface area (Å²) >= 11 is 6.95. The van der Waals surface area contributed by atoms with Crippen LogP contribution in [0, 0.1) is 11.6 Å². The molecule has 0 saturated carbocycles. The van der Waals surface area contributed by atoms with Gasteiger partial charge in [0.2, 0.25) is 0 Å². The van der Waals surface area contributed by atoms with E-state index in [1.54, 1.807) is 23.0 Å². The first-order valence-electron chi connectivity index (χ1n) is 4.14. The summed E-state index contributed by atoms with van der Waals surface area (Å²) in [5.41, 5.74) is 0. The Morgan fingerprint density at radius 2 is 2.29 bits per heavy atom. The molecule has 0 aliphatic heterocycles. The molecular formula is C9H10N2OS2. The molecule has 2 heterocycles. The molecule has 74 valence electrons. The lowest BCUT2D eigenvalue weighted by Crippen LogP contribution is -2.01. The van der Waals surface area contributed by atoms with Gasteiger partial charge in [0.15, 0.2) is 0 Å². The van der Waals surface area contributed by atoms with Gasteiger partial charge in [0.05, 0.1) is 7.11 Å². The van der Waals surface area contributed by atoms with E-state index in [4.69, 9.17) is 17.0 Å². The third kappa shape index (κ3) is 1.33. The van der Waals surface area contributed by atoms with E-state index in [2.05, 4.69) is 11.1 Å². The molecule has 0 aliphatic rings. The van der Waals surface area contributed by atoms with E-state index >= 15 is 0 Å². The highest BCUT2D eigenvalue weighted by Crippen LogP contribution is 2.26. The molecule has 14 heavy (non-hydrogen) atoms. The number of rotatable bonds is 1. The van der Waals surface area contributed by atoms with Crippen molar-refractivity contribution in [2.24, 2.45) is 7.05 Å². The lowest BCUT2D eigenvalue weighted by atomic mass is 10.4. The number of nitrogens with zero attached hydrogens (tertiary/aromatic N) is 2. The summed E-state index contributed by atoms with van der Waals surface area (Å²) in [5.74, 6) is 0. The van der Waals surface area contributed by atoms with Crippen molar-refractivity contribution < 1.29 is 4.74 Å². The summed E-state index contributed by atoms with van der Waals surface area (Å²) in [6.45, 7) is 2.05. The maximum atomic E-state index is 5.31. The second kappa shape index (κ2) is 3.33. The molecule has 0 aliphatic carbocycles. The maximum absolute atomic E-state index is 5.31. The number of aryl methyl sites for hydroxylation is 1. The first kappa shape index (κ1) is 9.61. The largest absolute Gasteiger partial charge is 0.468 e. The summed E-state index contributed by atoms with van der Waals surface area (Å²) < 4.78 is 7.69. The van der Waals surface area contributed by atoms with Gasteiger partial charge in [0.1, 0.15) is 9.47 Å². The SMILES string of the molecule is COc1nc2sc(C)cc2c(=S)n1C. The Hall–Kier alpha value is -0.940. The molecule has 0 N–H and O–H groups in total. The van der Waals surface area contributed by atoms with Crippen molar-refractivity contribution in [3.05, 3.63) is 15.6 Å². The van der Waals surface area contributed by atoms with Gasteiger partial charge in [-0.3, -0.25) is 4.57 Å². The summed E-state index contributed by atoms with van der Waals surface area (Å²) in [6.07, 6.45) is 0. The lowest BCUT2D eigenvalue weighted by Gasteiger charge is -2.05. The standard InChI is InChI=1S/C9H10N2OS2/c1-5-4-6-7(14-5)10-9(12-3)11(2)8(6)13/h4H,1-3H3. The highest BCUT2D eigenvalue weighted by atomic mass is 32.1. The van der Waals surface area contributed by atoms with Gasteiger partial charge in [-0.05, 0) is 13.0 Å². The topological polar surface area (TPSA) is 27.1 Å². The van der Waals surface area contributed by atoms with E-state index in [-0.39, 0.29) is 0 Å². The van der Waals surface area contributed by atoms with Crippen molar-refractivity contribution in [1.82, 2.24) is 9.55 Å². The van der Waals surface area contributed by atoms with Gasteiger partial charge in [-0.15, -0.1) is 11.3 Å². The molecule has 0 radical (unpaired) electrons. The Balaban J connectivity index is 2.91. The van der Waals surface area contributed by atoms with Crippen LogP contribution < -0.4 is 4.74 Å². The zero-order valence-electron chi connectivity index (χ0n) is 8.20. The average Bonchev–Trinajstić information content (AvgIpc) is 2.52. The average molecular weight is 226 g/mol. The first-order valence-corrected chi connectivity index (χ1v) is 5.37. The van der Waals surface area contributed by atoms with E-state index in [0.717, 1.165) is 14.9 Å². The van der Waals surface area contributed by atoms with Gasteiger partial charge in [-0.1, -0.05) is 12.2 Å². The number of methoxy groups -OCH3 is 1. The fraction of sp³-hybridized carbons (Fsp3) is 0.333. The molecule has 2 aromatic rings. The zero-order chi connectivity index (χ0) is 10.3. The second-order valence-corrected chi connectivity index (χ2v) is 4.66. The second-order valence-electron chi connectivity index (χ2n) is 3.04. The molecule has 0 amide bonds. The predicted molar refractivity (Wildman–Crippen MR) is 60.7 cm³/mol. The molecule has 0 saturated heterocycles. The normalized spacial score (nSPS) is 10.8. The van der Waals surface area contributed by atoms with Crippen LogP contribution in [0.4, 0.5) is 0 Å². The summed E-state index contributed by atoms with van der Waals surface area (Å²) in [6, 6.07) is 2.62. The van der Waals surface area contributed by atoms with Gasteiger partial charge < -0.3 is 4.74 Å². The molecule has 2 aromatic heterocycles. The van der Waals surface area contributed by atoms with Crippen molar-refractivity contribution in [3.8, 4) is 6.01 Å². The van der Waals surface area contributed by atoms with Crippen molar-refractivity contribution in [2.45, 2.75) is 6.92 Å². The van der Waals surface area contributed by atoms with Gasteiger partial charge in [-0.2, -0.15) is 4.98 Å². The molecule has 3 nitrogen and oxygen atoms in total. The predicted octanol–water partition coefficient (Wildman–Crippen LogP) is 2.68. The fourth-order valence-corrected chi connectivity index (χ4v) is 2.52. The lowest BCUT2D eigenvalue weighted by molar-refractivity contribution is 0.361. The van der Waals surface area contributed by atoms with Crippen molar-refractivity contribution >= 4 is 33.8 Å². The molecule has 0 aromatic carbocycles. The number of aromatic nitrogens is 2. The molecule has 0 unspecified atom stereocenters. The number of hydrogen-bond donors (Lipinski definition) is 0. The Labute approximate surface area is 91.0 Å². The van der Waals surface area contributed by atoms with Crippen molar-refractivity contribution in [1.29, 1.82) is 0 Å². The number of ether oxygens (including phenoxy) is 1. The van der Waals surface area contributed by atoms with Gasteiger partial charge >= 0.3 is 0 Å². The third-order valence-electron chi connectivity index (χ3n) is 2.04. The first-order chi connectivity index (χ1) is 6.63. The molecule has 0 spiro atoms. The smallest absolute Gasteiger partial charge is 0.298 e. The zero-order valence-corrected chi connectivity index (χ0v) is 9.83. The molecular weight excluding hydrogens is 216 g/mol. The van der Waals surface area contributed by atoms with Crippen LogP contribution in [0.5, 0.6) is 6.01 Å². The van der Waals surface area contributed by atoms with Crippen LogP contribution in [0.1, 0.15) is 4.88 Å². The fourth-order valence-electron chi connectivity index (χ4n) is 1.35. The number of hydrogen-bond acceptors (Lipinski definition) is 4. The van der Waals surface area contributed by atoms with Crippen molar-refractivity contribution in [2.75, 3.05) is 7.11 Å². The van der Waals surface area contributed by atoms with Crippen molar-refractivity contribution in [3.63, 3.8) is 0 Å². The summed E-state index contributed by atoms with van der Waals surface area (Å²) in [7, 11) is 3.46. The Morgan fingerprint density at radius 1 is 1.57 bits per heavy atom. The van der Waals surface area contributed by atoms with Crippen LogP contribution in [0.15, 0.2) is 6.07 Å². The monoisotopic (exact) mass is 226 g/mol. The van der Waals surface area contributed by atoms with Crippen LogP contribution in [0.2, 0.25) is 0 Å². The highest BCUT2D eigenvalue weighted by molar-refractivity contribution is 7.71. The molecule has 0 fully saturated rings. The van der Waals surface area contributed by atoms with Crippen LogP contribution in [-0.4, -0.2) is 16.7 Å². The Kier molecular flexibility index (Phi) is 2.28. The minimum atomic E-state index is 0.560. The number of fused-ring (bicyclic) bond motifs is 1. The van der Waals surface area contributed by atoms with Crippen LogP contribution in [-0.2, 0) is 7.05 Å². The Morgan fingerprint density at radius 3 is 2.93 bits per heavy atom. The number of thiophene rings is 1. The minimum absolute atomic E-state index is 0.560. The highest BCUT2D eigenvalue weighted by Gasteiger charge is 2.07. The summed E-state index contributed by atoms with van der Waals surface area (Å²) in [5, 5.41) is 1.03. The van der Waals surface area contributed by atoms with Crippen LogP contribution in [0.25, 0.3) is 10.2 Å². The Bertz CT molecular complexity index is 541. The third-order valence-corrected chi connectivity index (χ3v) is 3.48. The van der Waals surface area contributed by atoms with Crippen LogP contribution >= 0.6 is 23.6 Å². The molecule has 5 heteroatoms. The van der Waals surface area contributed by atoms with E-state index in [1.165, 1.54) is 4.88 Å².